The Morgan fingerprint density at radius 1 is 1.50 bits per heavy atom. The third-order valence-corrected chi connectivity index (χ3v) is 5.31. The Bertz CT molecular complexity index is 647. The molecule has 22 heavy (non-hydrogen) atoms. The minimum atomic E-state index is -3.71. The van der Waals surface area contributed by atoms with Crippen molar-refractivity contribution in [3.63, 3.8) is 0 Å². The lowest BCUT2D eigenvalue weighted by Crippen LogP contribution is -2.57. The van der Waals surface area contributed by atoms with Gasteiger partial charge in [-0.2, -0.15) is 17.4 Å². The quantitative estimate of drug-likeness (QED) is 0.838. The fourth-order valence-electron chi connectivity index (χ4n) is 2.48. The summed E-state index contributed by atoms with van der Waals surface area (Å²) in [6.45, 7) is 2.26. The lowest BCUT2D eigenvalue weighted by atomic mass is 9.99. The molecule has 8 heteroatoms. The molecule has 0 aromatic heterocycles. The zero-order valence-corrected chi connectivity index (χ0v) is 13.7. The topological polar surface area (TPSA) is 87.7 Å². The molecule has 0 spiro atoms. The second kappa shape index (κ2) is 6.64. The van der Waals surface area contributed by atoms with Gasteiger partial charge in [0, 0.05) is 13.6 Å². The van der Waals surface area contributed by atoms with E-state index in [-0.39, 0.29) is 5.91 Å². The van der Waals surface area contributed by atoms with Gasteiger partial charge in [-0.05, 0) is 31.0 Å². The van der Waals surface area contributed by atoms with Crippen LogP contribution in [0.1, 0.15) is 24.9 Å². The highest BCUT2D eigenvalue weighted by atomic mass is 32.2. The Labute approximate surface area is 130 Å². The van der Waals surface area contributed by atoms with E-state index in [1.54, 1.807) is 32.2 Å². The Morgan fingerprint density at radius 2 is 2.23 bits per heavy atom. The molecule has 0 radical (unpaired) electrons. The monoisotopic (exact) mass is 327 g/mol. The Kier molecular flexibility index (Phi) is 5.05. The molecule has 0 bridgehead atoms. The number of ether oxygens (including phenoxy) is 1. The number of rotatable bonds is 4. The van der Waals surface area contributed by atoms with Gasteiger partial charge in [-0.15, -0.1) is 0 Å². The van der Waals surface area contributed by atoms with E-state index in [0.29, 0.717) is 18.7 Å². The summed E-state index contributed by atoms with van der Waals surface area (Å²) in [4.78, 5) is 12.1. The minimum absolute atomic E-state index is 0.289. The Balaban J connectivity index is 2.31. The first kappa shape index (κ1) is 16.7. The summed E-state index contributed by atoms with van der Waals surface area (Å²) in [6, 6.07) is 5.96. The second-order valence-electron chi connectivity index (χ2n) is 5.11. The van der Waals surface area contributed by atoms with Crippen LogP contribution in [0.4, 0.5) is 0 Å². The van der Waals surface area contributed by atoms with Crippen molar-refractivity contribution in [2.24, 2.45) is 0 Å². The summed E-state index contributed by atoms with van der Waals surface area (Å²) < 4.78 is 33.3. The van der Waals surface area contributed by atoms with Crippen LogP contribution >= 0.6 is 0 Å². The third-order valence-electron chi connectivity index (χ3n) is 3.72. The van der Waals surface area contributed by atoms with Crippen molar-refractivity contribution < 1.29 is 17.9 Å². The van der Waals surface area contributed by atoms with Gasteiger partial charge >= 0.3 is 0 Å². The summed E-state index contributed by atoms with van der Waals surface area (Å²) in [6.07, 6.45) is 0.356. The van der Waals surface area contributed by atoms with E-state index in [0.717, 1.165) is 9.87 Å². The summed E-state index contributed by atoms with van der Waals surface area (Å²) in [7, 11) is -0.751. The van der Waals surface area contributed by atoms with Crippen molar-refractivity contribution in [2.75, 3.05) is 20.7 Å². The molecule has 0 aliphatic carbocycles. The molecule has 1 aliphatic heterocycles. The first-order valence-electron chi connectivity index (χ1n) is 7.06. The molecule has 2 atom stereocenters. The highest BCUT2D eigenvalue weighted by Gasteiger charge is 2.40. The van der Waals surface area contributed by atoms with Gasteiger partial charge in [0.2, 0.25) is 5.91 Å². The van der Waals surface area contributed by atoms with E-state index < -0.39 is 22.3 Å². The van der Waals surface area contributed by atoms with Gasteiger partial charge < -0.3 is 10.1 Å². The van der Waals surface area contributed by atoms with E-state index in [9.17, 15) is 13.2 Å². The van der Waals surface area contributed by atoms with Crippen molar-refractivity contribution in [2.45, 2.75) is 25.4 Å². The predicted molar refractivity (Wildman–Crippen MR) is 82.6 cm³/mol. The van der Waals surface area contributed by atoms with Crippen molar-refractivity contribution >= 4 is 16.1 Å². The van der Waals surface area contributed by atoms with Gasteiger partial charge in [-0.25, -0.2) is 0 Å². The molecule has 2 unspecified atom stereocenters. The van der Waals surface area contributed by atoms with Crippen LogP contribution in [-0.2, 0) is 15.0 Å². The van der Waals surface area contributed by atoms with Gasteiger partial charge in [0.25, 0.3) is 10.2 Å². The standard InChI is InChI=1S/C14H21N3O4S/c1-4-15-14(18)13-9-12(16-22(19,20)17(13)2)10-6-5-7-11(8-10)21-3/h5-8,12-13,16H,4,9H2,1-3H3,(H,15,18). The van der Waals surface area contributed by atoms with Gasteiger partial charge in [-0.3, -0.25) is 4.79 Å². The number of methoxy groups -OCH3 is 1. The molecule has 7 nitrogen and oxygen atoms in total. The highest BCUT2D eigenvalue weighted by Crippen LogP contribution is 2.29. The zero-order chi connectivity index (χ0) is 16.3. The zero-order valence-electron chi connectivity index (χ0n) is 12.9. The van der Waals surface area contributed by atoms with Gasteiger partial charge in [0.15, 0.2) is 0 Å². The summed E-state index contributed by atoms with van der Waals surface area (Å²) in [5.74, 6) is 0.355. The maximum absolute atomic E-state index is 12.2. The fourth-order valence-corrected chi connectivity index (χ4v) is 3.75. The summed E-state index contributed by atoms with van der Waals surface area (Å²) in [5.41, 5.74) is 0.769. The van der Waals surface area contributed by atoms with Crippen LogP contribution < -0.4 is 14.8 Å². The SMILES string of the molecule is CCNC(=O)C1CC(c2cccc(OC)c2)NS(=O)(=O)N1C. The number of likely N-dealkylation sites (N-methyl/N-ethyl adjacent to an activating group) is 2. The summed E-state index contributed by atoms with van der Waals surface area (Å²) >= 11 is 0. The first-order chi connectivity index (χ1) is 10.4. The molecule has 0 saturated carbocycles. The number of nitrogens with zero attached hydrogens (tertiary/aromatic N) is 1. The maximum atomic E-state index is 12.2. The molecule has 1 fully saturated rings. The first-order valence-corrected chi connectivity index (χ1v) is 8.50. The minimum Gasteiger partial charge on any atom is -0.497 e. The molecule has 2 N–H and O–H groups in total. The second-order valence-corrected chi connectivity index (χ2v) is 6.88. The molecule has 1 aromatic carbocycles. The Morgan fingerprint density at radius 3 is 2.86 bits per heavy atom. The average molecular weight is 327 g/mol. The van der Waals surface area contributed by atoms with E-state index in [2.05, 4.69) is 10.0 Å². The van der Waals surface area contributed by atoms with E-state index in [4.69, 9.17) is 4.74 Å². The van der Waals surface area contributed by atoms with Gasteiger partial charge in [-0.1, -0.05) is 12.1 Å². The number of hydrogen-bond acceptors (Lipinski definition) is 4. The van der Waals surface area contributed by atoms with Crippen molar-refractivity contribution in [1.29, 1.82) is 0 Å². The number of nitrogens with one attached hydrogen (secondary N) is 2. The Hall–Kier alpha value is -1.64. The van der Waals surface area contributed by atoms with E-state index in [1.807, 2.05) is 6.07 Å². The number of hydrogen-bond donors (Lipinski definition) is 2. The summed E-state index contributed by atoms with van der Waals surface area (Å²) in [5, 5.41) is 2.68. The molecule has 1 aromatic rings. The molecular weight excluding hydrogens is 306 g/mol. The highest BCUT2D eigenvalue weighted by molar-refractivity contribution is 7.87. The fraction of sp³-hybridized carbons (Fsp3) is 0.500. The van der Waals surface area contributed by atoms with Gasteiger partial charge in [0.05, 0.1) is 13.2 Å². The lowest BCUT2D eigenvalue weighted by molar-refractivity contribution is -0.125. The van der Waals surface area contributed by atoms with Crippen LogP contribution in [0.2, 0.25) is 0 Å². The van der Waals surface area contributed by atoms with Crippen molar-refractivity contribution in [3.05, 3.63) is 29.8 Å². The normalized spacial score (nSPS) is 24.7. The van der Waals surface area contributed by atoms with Crippen LogP contribution in [-0.4, -0.2) is 45.4 Å². The molecule has 1 amide bonds. The molecule has 2 rings (SSSR count). The number of carbonyl (C=O) groups excluding carboxylic acids is 1. The van der Waals surface area contributed by atoms with Crippen LogP contribution in [0.25, 0.3) is 0 Å². The molecule has 1 heterocycles. The third kappa shape index (κ3) is 3.40. The average Bonchev–Trinajstić information content (AvgIpc) is 2.50. The predicted octanol–water partition coefficient (Wildman–Crippen LogP) is 0.411. The van der Waals surface area contributed by atoms with Crippen LogP contribution in [0.5, 0.6) is 5.75 Å². The van der Waals surface area contributed by atoms with Crippen LogP contribution in [0.3, 0.4) is 0 Å². The van der Waals surface area contributed by atoms with E-state index >= 15 is 0 Å². The lowest BCUT2D eigenvalue weighted by Gasteiger charge is -2.36. The largest absolute Gasteiger partial charge is 0.497 e. The van der Waals surface area contributed by atoms with Crippen LogP contribution in [0, 0.1) is 0 Å². The van der Waals surface area contributed by atoms with Crippen LogP contribution in [0.15, 0.2) is 24.3 Å². The van der Waals surface area contributed by atoms with Crippen molar-refractivity contribution in [3.8, 4) is 5.75 Å². The number of benzene rings is 1. The molecule has 122 valence electrons. The van der Waals surface area contributed by atoms with Gasteiger partial charge in [0.1, 0.15) is 11.8 Å². The van der Waals surface area contributed by atoms with Crippen molar-refractivity contribution in [1.82, 2.24) is 14.3 Å². The molecule has 1 aliphatic rings. The molecular formula is C14H21N3O4S. The maximum Gasteiger partial charge on any atom is 0.280 e. The molecule has 1 saturated heterocycles. The smallest absolute Gasteiger partial charge is 0.280 e. The number of amides is 1. The number of carbonyl (C=O) groups is 1. The van der Waals surface area contributed by atoms with E-state index in [1.165, 1.54) is 7.05 Å².